The van der Waals surface area contributed by atoms with E-state index in [1.165, 1.54) is 12.1 Å². The zero-order valence-corrected chi connectivity index (χ0v) is 19.7. The molecule has 0 radical (unpaired) electrons. The summed E-state index contributed by atoms with van der Waals surface area (Å²) in [6.07, 6.45) is 0. The molecule has 0 fully saturated rings. The minimum Gasteiger partial charge on any atom is -0.490 e. The molecule has 0 aliphatic heterocycles. The molecule has 2 rings (SSSR count). The second kappa shape index (κ2) is 11.5. The van der Waals surface area contributed by atoms with Gasteiger partial charge in [-0.3, -0.25) is 10.1 Å². The van der Waals surface area contributed by atoms with E-state index in [2.05, 4.69) is 10.6 Å². The van der Waals surface area contributed by atoms with Crippen molar-refractivity contribution in [3.05, 3.63) is 44.9 Å². The molecule has 162 valence electrons. The minimum atomic E-state index is -0.464. The molecule has 0 saturated heterocycles. The van der Waals surface area contributed by atoms with E-state index >= 15 is 0 Å². The molecule has 0 aliphatic carbocycles. The number of nitrogens with one attached hydrogen (secondary N) is 2. The molecule has 10 heteroatoms. The number of anilines is 1. The summed E-state index contributed by atoms with van der Waals surface area (Å²) >= 11 is 23.3. The van der Waals surface area contributed by atoms with Crippen LogP contribution < -0.4 is 24.8 Å². The first-order valence-corrected chi connectivity index (χ1v) is 10.7. The van der Waals surface area contributed by atoms with Gasteiger partial charge in [-0.05, 0) is 57.3 Å². The summed E-state index contributed by atoms with van der Waals surface area (Å²) in [7, 11) is 0. The van der Waals surface area contributed by atoms with Crippen LogP contribution in [0.1, 0.15) is 31.1 Å². The Morgan fingerprint density at radius 2 is 1.40 bits per heavy atom. The lowest BCUT2D eigenvalue weighted by atomic mass is 10.1. The Kier molecular flexibility index (Phi) is 9.30. The van der Waals surface area contributed by atoms with Crippen molar-refractivity contribution in [3.8, 4) is 17.2 Å². The highest BCUT2D eigenvalue weighted by Crippen LogP contribution is 2.39. The van der Waals surface area contributed by atoms with E-state index < -0.39 is 5.91 Å². The second-order valence-corrected chi connectivity index (χ2v) is 7.38. The van der Waals surface area contributed by atoms with Gasteiger partial charge in [0.25, 0.3) is 5.91 Å². The molecule has 0 atom stereocenters. The Morgan fingerprint density at radius 1 is 0.867 bits per heavy atom. The van der Waals surface area contributed by atoms with Gasteiger partial charge in [0.2, 0.25) is 5.75 Å². The van der Waals surface area contributed by atoms with Crippen LogP contribution >= 0.6 is 47.0 Å². The molecule has 30 heavy (non-hydrogen) atoms. The molecule has 0 saturated carbocycles. The minimum absolute atomic E-state index is 0.0325. The zero-order valence-electron chi connectivity index (χ0n) is 16.6. The molecule has 0 aliphatic rings. The van der Waals surface area contributed by atoms with Crippen LogP contribution in [-0.2, 0) is 0 Å². The Balaban J connectivity index is 2.25. The number of rotatable bonds is 8. The third-order valence-electron chi connectivity index (χ3n) is 3.66. The Hall–Kier alpha value is -1.93. The van der Waals surface area contributed by atoms with Crippen LogP contribution in [-0.4, -0.2) is 30.8 Å². The fourth-order valence-corrected chi connectivity index (χ4v) is 3.26. The molecule has 2 aromatic rings. The first-order chi connectivity index (χ1) is 14.3. The molecule has 1 amide bonds. The first kappa shape index (κ1) is 24.3. The van der Waals surface area contributed by atoms with Crippen molar-refractivity contribution < 1.29 is 19.0 Å². The molecular weight excluding hydrogens is 471 g/mol. The number of carbonyl (C=O) groups is 1. The van der Waals surface area contributed by atoms with Crippen molar-refractivity contribution >= 4 is 63.7 Å². The molecule has 2 N–H and O–H groups in total. The average molecular weight is 492 g/mol. The lowest BCUT2D eigenvalue weighted by Crippen LogP contribution is -2.34. The van der Waals surface area contributed by atoms with Crippen molar-refractivity contribution in [2.45, 2.75) is 20.8 Å². The summed E-state index contributed by atoms with van der Waals surface area (Å²) in [6.45, 7) is 6.74. The smallest absolute Gasteiger partial charge is 0.257 e. The first-order valence-electron chi connectivity index (χ1n) is 9.13. The highest BCUT2D eigenvalue weighted by atomic mass is 35.5. The predicted octanol–water partition coefficient (Wildman–Crippen LogP) is 5.97. The third-order valence-corrected chi connectivity index (χ3v) is 4.90. The van der Waals surface area contributed by atoms with Crippen LogP contribution in [0.3, 0.4) is 0 Å². The number of hydrogen-bond donors (Lipinski definition) is 2. The van der Waals surface area contributed by atoms with Gasteiger partial charge in [0.1, 0.15) is 0 Å². The lowest BCUT2D eigenvalue weighted by Gasteiger charge is -2.17. The Morgan fingerprint density at radius 3 is 1.93 bits per heavy atom. The van der Waals surface area contributed by atoms with Gasteiger partial charge >= 0.3 is 0 Å². The van der Waals surface area contributed by atoms with Crippen LogP contribution in [0.5, 0.6) is 17.2 Å². The van der Waals surface area contributed by atoms with E-state index in [9.17, 15) is 4.79 Å². The molecule has 0 spiro atoms. The maximum Gasteiger partial charge on any atom is 0.257 e. The van der Waals surface area contributed by atoms with Crippen molar-refractivity contribution in [2.24, 2.45) is 0 Å². The van der Waals surface area contributed by atoms with Gasteiger partial charge in [-0.25, -0.2) is 0 Å². The van der Waals surface area contributed by atoms with E-state index in [1.807, 2.05) is 20.8 Å². The second-order valence-electron chi connectivity index (χ2n) is 5.76. The lowest BCUT2D eigenvalue weighted by molar-refractivity contribution is 0.0976. The fraction of sp³-hybridized carbons (Fsp3) is 0.300. The van der Waals surface area contributed by atoms with Crippen LogP contribution in [0.4, 0.5) is 5.69 Å². The Labute approximate surface area is 195 Å². The summed E-state index contributed by atoms with van der Waals surface area (Å²) < 4.78 is 16.9. The molecule has 0 aromatic heterocycles. The van der Waals surface area contributed by atoms with Crippen LogP contribution in [0.15, 0.2) is 24.3 Å². The maximum atomic E-state index is 12.8. The van der Waals surface area contributed by atoms with Crippen molar-refractivity contribution in [1.29, 1.82) is 0 Å². The van der Waals surface area contributed by atoms with Gasteiger partial charge in [0, 0.05) is 5.56 Å². The largest absolute Gasteiger partial charge is 0.490 e. The average Bonchev–Trinajstić information content (AvgIpc) is 2.68. The number of carbonyl (C=O) groups excluding carboxylic acids is 1. The van der Waals surface area contributed by atoms with E-state index in [1.54, 1.807) is 12.1 Å². The van der Waals surface area contributed by atoms with Gasteiger partial charge < -0.3 is 19.5 Å². The van der Waals surface area contributed by atoms with Gasteiger partial charge in [-0.15, -0.1) is 0 Å². The summed E-state index contributed by atoms with van der Waals surface area (Å²) in [4.78, 5) is 12.8. The summed E-state index contributed by atoms with van der Waals surface area (Å²) in [5.41, 5.74) is 0.697. The highest BCUT2D eigenvalue weighted by Gasteiger charge is 2.19. The van der Waals surface area contributed by atoms with Crippen LogP contribution in [0.25, 0.3) is 0 Å². The summed E-state index contributed by atoms with van der Waals surface area (Å²) in [5.74, 6) is 0.790. The molecule has 0 bridgehead atoms. The SMILES string of the molecule is CCOc1cc(C(=O)NC(=S)Nc2cc(Cl)c(Cl)cc2Cl)cc(OCC)c1OCC. The fourth-order valence-electron chi connectivity index (χ4n) is 2.47. The van der Waals surface area contributed by atoms with E-state index in [0.717, 1.165) is 0 Å². The molecule has 6 nitrogen and oxygen atoms in total. The number of amides is 1. The van der Waals surface area contributed by atoms with Crippen molar-refractivity contribution in [1.82, 2.24) is 5.32 Å². The summed E-state index contributed by atoms with van der Waals surface area (Å²) in [6, 6.07) is 6.14. The molecule has 2 aromatic carbocycles. The third kappa shape index (κ3) is 6.28. The van der Waals surface area contributed by atoms with Crippen LogP contribution in [0, 0.1) is 0 Å². The topological polar surface area (TPSA) is 68.8 Å². The molecular formula is C20H21Cl3N2O4S. The number of hydrogen-bond acceptors (Lipinski definition) is 5. The van der Waals surface area contributed by atoms with Gasteiger partial charge in [-0.1, -0.05) is 34.8 Å². The van der Waals surface area contributed by atoms with Gasteiger partial charge in [0.05, 0.1) is 40.6 Å². The van der Waals surface area contributed by atoms with E-state index in [0.29, 0.717) is 57.8 Å². The quantitative estimate of drug-likeness (QED) is 0.350. The monoisotopic (exact) mass is 490 g/mol. The molecule has 0 unspecified atom stereocenters. The number of benzene rings is 2. The number of thiocarbonyl (C=S) groups is 1. The number of halogens is 3. The highest BCUT2D eigenvalue weighted by molar-refractivity contribution is 7.80. The van der Waals surface area contributed by atoms with E-state index in [4.69, 9.17) is 61.2 Å². The predicted molar refractivity (Wildman–Crippen MR) is 125 cm³/mol. The molecule has 0 heterocycles. The van der Waals surface area contributed by atoms with Crippen molar-refractivity contribution in [2.75, 3.05) is 25.1 Å². The zero-order chi connectivity index (χ0) is 22.3. The van der Waals surface area contributed by atoms with Gasteiger partial charge in [-0.2, -0.15) is 0 Å². The van der Waals surface area contributed by atoms with Crippen molar-refractivity contribution in [3.63, 3.8) is 0 Å². The maximum absolute atomic E-state index is 12.8. The van der Waals surface area contributed by atoms with Crippen LogP contribution in [0.2, 0.25) is 15.1 Å². The Bertz CT molecular complexity index is 914. The van der Waals surface area contributed by atoms with E-state index in [-0.39, 0.29) is 10.7 Å². The van der Waals surface area contributed by atoms with Gasteiger partial charge in [0.15, 0.2) is 16.6 Å². The normalized spacial score (nSPS) is 10.3. The standard InChI is InChI=1S/C20H21Cl3N2O4S/c1-4-27-16-7-11(8-17(28-5-2)18(16)29-6-3)19(26)25-20(30)24-15-10-13(22)12(21)9-14(15)23/h7-10H,4-6H2,1-3H3,(H2,24,25,26,30). The number of ether oxygens (including phenoxy) is 3. The summed E-state index contributed by atoms with van der Waals surface area (Å²) in [5, 5.41) is 6.36.